The zero-order valence-electron chi connectivity index (χ0n) is 15.7. The molecule has 0 saturated carbocycles. The fourth-order valence-electron chi connectivity index (χ4n) is 3.10. The molecule has 1 aromatic carbocycles. The molecular weight excluding hydrogens is 324 g/mol. The number of aromatic nitrogens is 1. The molecule has 1 amide bonds. The Hall–Kier alpha value is -2.56. The van der Waals surface area contributed by atoms with Gasteiger partial charge in [-0.1, -0.05) is 13.8 Å². The van der Waals surface area contributed by atoms with E-state index in [1.807, 2.05) is 18.2 Å². The smallest absolute Gasteiger partial charge is 0.257 e. The van der Waals surface area contributed by atoms with Crippen molar-refractivity contribution in [3.8, 4) is 0 Å². The Labute approximate surface area is 155 Å². The summed E-state index contributed by atoms with van der Waals surface area (Å²) in [7, 11) is 0. The van der Waals surface area contributed by atoms with Crippen molar-refractivity contribution in [2.45, 2.75) is 33.1 Å². The van der Waals surface area contributed by atoms with Gasteiger partial charge < -0.3 is 15.5 Å². The fraction of sp³-hybridized carbons (Fsp3) is 0.429. The summed E-state index contributed by atoms with van der Waals surface area (Å²) >= 11 is 0. The van der Waals surface area contributed by atoms with Crippen molar-refractivity contribution < 1.29 is 4.79 Å². The van der Waals surface area contributed by atoms with Crippen LogP contribution in [0.5, 0.6) is 0 Å². The number of hydrogen-bond acceptors (Lipinski definition) is 4. The van der Waals surface area contributed by atoms with Gasteiger partial charge in [0.1, 0.15) is 0 Å². The lowest BCUT2D eigenvalue weighted by Crippen LogP contribution is -2.17. The lowest BCUT2D eigenvalue weighted by atomic mass is 10.1. The molecule has 2 aromatic rings. The van der Waals surface area contributed by atoms with Crippen LogP contribution in [0.25, 0.3) is 0 Å². The van der Waals surface area contributed by atoms with Gasteiger partial charge in [0.05, 0.1) is 11.3 Å². The predicted molar refractivity (Wildman–Crippen MR) is 108 cm³/mol. The summed E-state index contributed by atoms with van der Waals surface area (Å²) in [5, 5.41) is 6.28. The molecule has 0 spiro atoms. The lowest BCUT2D eigenvalue weighted by Gasteiger charge is -2.17. The van der Waals surface area contributed by atoms with Gasteiger partial charge in [-0.3, -0.25) is 9.78 Å². The summed E-state index contributed by atoms with van der Waals surface area (Å²) < 4.78 is 0. The van der Waals surface area contributed by atoms with Crippen LogP contribution < -0.4 is 15.5 Å². The molecule has 1 aliphatic rings. The maximum absolute atomic E-state index is 12.5. The number of pyridine rings is 1. The normalized spacial score (nSPS) is 13.9. The fourth-order valence-corrected chi connectivity index (χ4v) is 3.10. The number of carbonyl (C=O) groups excluding carboxylic acids is 1. The Morgan fingerprint density at radius 2 is 1.85 bits per heavy atom. The van der Waals surface area contributed by atoms with Gasteiger partial charge in [-0.05, 0) is 55.5 Å². The van der Waals surface area contributed by atoms with Crippen molar-refractivity contribution in [1.82, 2.24) is 4.98 Å². The van der Waals surface area contributed by atoms with Crippen LogP contribution >= 0.6 is 0 Å². The maximum Gasteiger partial charge on any atom is 0.257 e. The van der Waals surface area contributed by atoms with E-state index in [0.29, 0.717) is 11.5 Å². The highest BCUT2D eigenvalue weighted by Crippen LogP contribution is 2.22. The molecule has 1 aliphatic heterocycles. The summed E-state index contributed by atoms with van der Waals surface area (Å²) in [6.07, 6.45) is 6.95. The van der Waals surface area contributed by atoms with Crippen LogP contribution in [0, 0.1) is 5.92 Å². The largest absolute Gasteiger partial charge is 0.384 e. The number of nitrogens with one attached hydrogen (secondary N) is 2. The SMILES string of the molecule is CC(C)CCNc1cncc(C(=O)Nc2ccc(N3CCCC3)cc2)c1. The Morgan fingerprint density at radius 1 is 1.12 bits per heavy atom. The molecule has 0 bridgehead atoms. The molecule has 0 atom stereocenters. The first-order valence-electron chi connectivity index (χ1n) is 9.47. The standard InChI is InChI=1S/C21H28N4O/c1-16(2)9-10-23-19-13-17(14-22-15-19)21(26)24-18-5-7-20(8-6-18)25-11-3-4-12-25/h5-8,13-16,23H,3-4,9-12H2,1-2H3,(H,24,26). The number of anilines is 3. The first-order chi connectivity index (χ1) is 12.6. The van der Waals surface area contributed by atoms with Crippen molar-refractivity contribution in [1.29, 1.82) is 0 Å². The summed E-state index contributed by atoms with van der Waals surface area (Å²) in [5.41, 5.74) is 3.46. The number of nitrogens with zero attached hydrogens (tertiary/aromatic N) is 2. The van der Waals surface area contributed by atoms with Crippen molar-refractivity contribution in [3.05, 3.63) is 48.3 Å². The molecular formula is C21H28N4O. The van der Waals surface area contributed by atoms with Crippen LogP contribution in [-0.4, -0.2) is 30.5 Å². The minimum absolute atomic E-state index is 0.140. The molecule has 1 aromatic heterocycles. The average molecular weight is 352 g/mol. The third-order valence-electron chi connectivity index (χ3n) is 4.65. The molecule has 0 aliphatic carbocycles. The monoisotopic (exact) mass is 352 g/mol. The Balaban J connectivity index is 1.58. The predicted octanol–water partition coefficient (Wildman–Crippen LogP) is 4.39. The third-order valence-corrected chi connectivity index (χ3v) is 4.65. The van der Waals surface area contributed by atoms with E-state index in [4.69, 9.17) is 0 Å². The van der Waals surface area contributed by atoms with Gasteiger partial charge in [0.25, 0.3) is 5.91 Å². The molecule has 26 heavy (non-hydrogen) atoms. The van der Waals surface area contributed by atoms with Gasteiger partial charge in [0.2, 0.25) is 0 Å². The minimum Gasteiger partial charge on any atom is -0.384 e. The second-order valence-corrected chi connectivity index (χ2v) is 7.27. The zero-order chi connectivity index (χ0) is 18.4. The van der Waals surface area contributed by atoms with Gasteiger partial charge >= 0.3 is 0 Å². The lowest BCUT2D eigenvalue weighted by molar-refractivity contribution is 0.102. The number of benzene rings is 1. The Bertz CT molecular complexity index is 721. The van der Waals surface area contributed by atoms with Gasteiger partial charge in [-0.25, -0.2) is 0 Å². The molecule has 1 fully saturated rings. The van der Waals surface area contributed by atoms with Gasteiger partial charge in [0, 0.05) is 43.4 Å². The molecule has 0 unspecified atom stereocenters. The van der Waals surface area contributed by atoms with Crippen LogP contribution in [0.4, 0.5) is 17.1 Å². The second kappa shape index (κ2) is 8.70. The van der Waals surface area contributed by atoms with E-state index in [1.54, 1.807) is 12.4 Å². The van der Waals surface area contributed by atoms with Crippen molar-refractivity contribution >= 4 is 23.0 Å². The van der Waals surface area contributed by atoms with E-state index < -0.39 is 0 Å². The van der Waals surface area contributed by atoms with E-state index in [9.17, 15) is 4.79 Å². The van der Waals surface area contributed by atoms with Crippen molar-refractivity contribution in [3.63, 3.8) is 0 Å². The van der Waals surface area contributed by atoms with E-state index in [1.165, 1.54) is 18.5 Å². The van der Waals surface area contributed by atoms with Crippen LogP contribution in [0.1, 0.15) is 43.5 Å². The Kier molecular flexibility index (Phi) is 6.10. The number of rotatable bonds is 7. The molecule has 138 valence electrons. The molecule has 1 saturated heterocycles. The first kappa shape index (κ1) is 18.2. The Morgan fingerprint density at radius 3 is 2.54 bits per heavy atom. The number of amides is 1. The number of hydrogen-bond donors (Lipinski definition) is 2. The van der Waals surface area contributed by atoms with E-state index >= 15 is 0 Å². The highest BCUT2D eigenvalue weighted by atomic mass is 16.1. The van der Waals surface area contributed by atoms with Crippen LogP contribution in [0.15, 0.2) is 42.7 Å². The topological polar surface area (TPSA) is 57.3 Å². The molecule has 5 heteroatoms. The quantitative estimate of drug-likeness (QED) is 0.776. The van der Waals surface area contributed by atoms with Crippen molar-refractivity contribution in [2.24, 2.45) is 5.92 Å². The average Bonchev–Trinajstić information content (AvgIpc) is 3.17. The van der Waals surface area contributed by atoms with Gasteiger partial charge in [-0.15, -0.1) is 0 Å². The van der Waals surface area contributed by atoms with E-state index in [2.05, 4.69) is 46.5 Å². The van der Waals surface area contributed by atoms with Gasteiger partial charge in [-0.2, -0.15) is 0 Å². The second-order valence-electron chi connectivity index (χ2n) is 7.27. The van der Waals surface area contributed by atoms with Crippen LogP contribution in [-0.2, 0) is 0 Å². The summed E-state index contributed by atoms with van der Waals surface area (Å²) in [6.45, 7) is 7.50. The molecule has 0 radical (unpaired) electrons. The molecule has 5 nitrogen and oxygen atoms in total. The van der Waals surface area contributed by atoms with Gasteiger partial charge in [0.15, 0.2) is 0 Å². The number of carbonyl (C=O) groups is 1. The summed E-state index contributed by atoms with van der Waals surface area (Å²) in [4.78, 5) is 19.1. The maximum atomic E-state index is 12.5. The van der Waals surface area contributed by atoms with Crippen molar-refractivity contribution in [2.75, 3.05) is 35.2 Å². The van der Waals surface area contributed by atoms with Crippen LogP contribution in [0.2, 0.25) is 0 Å². The minimum atomic E-state index is -0.140. The van der Waals surface area contributed by atoms with Crippen LogP contribution in [0.3, 0.4) is 0 Å². The summed E-state index contributed by atoms with van der Waals surface area (Å²) in [5.74, 6) is 0.504. The summed E-state index contributed by atoms with van der Waals surface area (Å²) in [6, 6.07) is 9.92. The van der Waals surface area contributed by atoms with E-state index in [0.717, 1.165) is 37.4 Å². The van der Waals surface area contributed by atoms with E-state index in [-0.39, 0.29) is 5.91 Å². The molecule has 3 rings (SSSR count). The first-order valence-corrected chi connectivity index (χ1v) is 9.47. The molecule has 2 N–H and O–H groups in total. The molecule has 2 heterocycles. The third kappa shape index (κ3) is 4.97. The highest BCUT2D eigenvalue weighted by Gasteiger charge is 2.12. The zero-order valence-corrected chi connectivity index (χ0v) is 15.7. The highest BCUT2D eigenvalue weighted by molar-refractivity contribution is 6.04.